The molecule has 6 heteroatoms. The van der Waals surface area contributed by atoms with Crippen LogP contribution in [0, 0.1) is 25.2 Å². The van der Waals surface area contributed by atoms with Gasteiger partial charge in [0.25, 0.3) is 0 Å². The van der Waals surface area contributed by atoms with Crippen molar-refractivity contribution in [3.8, 4) is 6.07 Å². The van der Waals surface area contributed by atoms with Crippen molar-refractivity contribution in [1.82, 2.24) is 20.3 Å². The smallest absolute Gasteiger partial charge is 0.103 e. The number of hydrogen-bond donors (Lipinski definition) is 3. The van der Waals surface area contributed by atoms with Crippen molar-refractivity contribution < 1.29 is 0 Å². The van der Waals surface area contributed by atoms with E-state index >= 15 is 0 Å². The highest BCUT2D eigenvalue weighted by Gasteiger charge is 2.13. The van der Waals surface area contributed by atoms with Gasteiger partial charge in [0.05, 0.1) is 11.3 Å². The lowest BCUT2D eigenvalue weighted by molar-refractivity contribution is 0.680. The minimum absolute atomic E-state index is 0.510. The number of nitrogens with one attached hydrogen (secondary N) is 3. The van der Waals surface area contributed by atoms with Crippen molar-refractivity contribution in [2.75, 3.05) is 11.9 Å². The van der Waals surface area contributed by atoms with Crippen LogP contribution >= 0.6 is 0 Å². The highest BCUT2D eigenvalue weighted by molar-refractivity contribution is 5.90. The third-order valence-corrected chi connectivity index (χ3v) is 6.73. The Balaban J connectivity index is 1.30. The predicted molar refractivity (Wildman–Crippen MR) is 155 cm³/mol. The summed E-state index contributed by atoms with van der Waals surface area (Å²) in [6.45, 7) is 5.74. The lowest BCUT2D eigenvalue weighted by Gasteiger charge is -2.16. The van der Waals surface area contributed by atoms with Gasteiger partial charge in [0.15, 0.2) is 0 Å². The van der Waals surface area contributed by atoms with Crippen LogP contribution in [0.4, 0.5) is 11.4 Å². The molecule has 5 rings (SSSR count). The Morgan fingerprint density at radius 1 is 0.974 bits per heavy atom. The van der Waals surface area contributed by atoms with Crippen LogP contribution in [-0.4, -0.2) is 21.5 Å². The average molecular weight is 499 g/mol. The van der Waals surface area contributed by atoms with Gasteiger partial charge in [0.2, 0.25) is 0 Å². The van der Waals surface area contributed by atoms with Gasteiger partial charge in [-0.2, -0.15) is 5.26 Å². The first-order valence-corrected chi connectivity index (χ1v) is 12.7. The van der Waals surface area contributed by atoms with Crippen molar-refractivity contribution in [2.45, 2.75) is 26.8 Å². The molecule has 0 aliphatic carbocycles. The third-order valence-electron chi connectivity index (χ3n) is 6.73. The topological polar surface area (TPSA) is 89.4 Å². The third kappa shape index (κ3) is 5.64. The molecule has 0 fully saturated rings. The van der Waals surface area contributed by atoms with E-state index in [0.717, 1.165) is 69.9 Å². The molecule has 0 unspecified atom stereocenters. The van der Waals surface area contributed by atoms with Gasteiger partial charge in [0.1, 0.15) is 6.07 Å². The van der Waals surface area contributed by atoms with Gasteiger partial charge in [-0.1, -0.05) is 42.5 Å². The number of aromatic amines is 1. The van der Waals surface area contributed by atoms with Gasteiger partial charge < -0.3 is 15.6 Å². The standard InChI is InChI=1S/C32H30N6/c1-22-28-15-18-36-31(28)13-12-30(22)38-32-26(19-33)21-37-23(2)29(32)11-10-24-6-8-25(9-7-24)20-34-17-14-27-5-3-4-16-35-27/h3-13,15-16,18,21,34,36H,14,17,20H2,1-2H3,(H,37,38). The van der Waals surface area contributed by atoms with Crippen molar-refractivity contribution in [3.63, 3.8) is 0 Å². The van der Waals surface area contributed by atoms with Gasteiger partial charge in [-0.15, -0.1) is 0 Å². The Morgan fingerprint density at radius 2 is 1.84 bits per heavy atom. The van der Waals surface area contributed by atoms with E-state index in [2.05, 4.69) is 87.1 Å². The van der Waals surface area contributed by atoms with Crippen molar-refractivity contribution >= 4 is 34.4 Å². The number of H-pyrrole nitrogens is 1. The Kier molecular flexibility index (Phi) is 7.58. The number of benzene rings is 2. The summed E-state index contributed by atoms with van der Waals surface area (Å²) in [5.41, 5.74) is 9.63. The van der Waals surface area contributed by atoms with Crippen molar-refractivity contribution in [1.29, 1.82) is 5.26 Å². The van der Waals surface area contributed by atoms with Gasteiger partial charge >= 0.3 is 0 Å². The molecule has 0 amide bonds. The molecule has 6 nitrogen and oxygen atoms in total. The second-order valence-corrected chi connectivity index (χ2v) is 9.28. The molecule has 0 saturated carbocycles. The minimum Gasteiger partial charge on any atom is -0.361 e. The van der Waals surface area contributed by atoms with E-state index in [4.69, 9.17) is 0 Å². The van der Waals surface area contributed by atoms with E-state index in [1.165, 1.54) is 5.56 Å². The number of fused-ring (bicyclic) bond motifs is 1. The molecule has 38 heavy (non-hydrogen) atoms. The van der Waals surface area contributed by atoms with Gasteiger partial charge in [-0.3, -0.25) is 9.97 Å². The lowest BCUT2D eigenvalue weighted by atomic mass is 10.0. The second-order valence-electron chi connectivity index (χ2n) is 9.28. The normalized spacial score (nSPS) is 11.2. The molecule has 0 spiro atoms. The number of pyridine rings is 2. The summed E-state index contributed by atoms with van der Waals surface area (Å²) in [6.07, 6.45) is 10.4. The second kappa shape index (κ2) is 11.5. The fraction of sp³-hybridized carbons (Fsp3) is 0.156. The average Bonchev–Trinajstić information content (AvgIpc) is 3.43. The maximum atomic E-state index is 9.82. The number of nitriles is 1. The van der Waals surface area contributed by atoms with E-state index in [0.29, 0.717) is 5.56 Å². The van der Waals surface area contributed by atoms with Crippen LogP contribution in [0.3, 0.4) is 0 Å². The first-order chi connectivity index (χ1) is 18.6. The zero-order valence-corrected chi connectivity index (χ0v) is 21.6. The summed E-state index contributed by atoms with van der Waals surface area (Å²) < 4.78 is 0. The fourth-order valence-electron chi connectivity index (χ4n) is 4.52. The number of nitrogens with zero attached hydrogens (tertiary/aromatic N) is 3. The van der Waals surface area contributed by atoms with Crippen LogP contribution in [0.25, 0.3) is 23.1 Å². The molecule has 188 valence electrons. The molecule has 3 heterocycles. The monoisotopic (exact) mass is 498 g/mol. The molecule has 3 aromatic heterocycles. The first kappa shape index (κ1) is 24.9. The first-order valence-electron chi connectivity index (χ1n) is 12.7. The maximum Gasteiger partial charge on any atom is 0.103 e. The van der Waals surface area contributed by atoms with Crippen LogP contribution in [-0.2, 0) is 13.0 Å². The molecule has 0 radical (unpaired) electrons. The summed E-state index contributed by atoms with van der Waals surface area (Å²) in [5, 5.41) is 18.0. The quantitative estimate of drug-likeness (QED) is 0.197. The maximum absolute atomic E-state index is 9.82. The number of hydrogen-bond acceptors (Lipinski definition) is 5. The highest BCUT2D eigenvalue weighted by Crippen LogP contribution is 2.32. The van der Waals surface area contributed by atoms with E-state index in [-0.39, 0.29) is 0 Å². The number of anilines is 2. The van der Waals surface area contributed by atoms with Crippen LogP contribution in [0.2, 0.25) is 0 Å². The van der Waals surface area contributed by atoms with E-state index in [1.807, 2.05) is 43.6 Å². The Bertz CT molecular complexity index is 1610. The summed E-state index contributed by atoms with van der Waals surface area (Å²) in [6, 6.07) is 23.0. The zero-order valence-electron chi connectivity index (χ0n) is 21.6. The predicted octanol–water partition coefficient (Wildman–Crippen LogP) is 6.69. The van der Waals surface area contributed by atoms with Crippen molar-refractivity contribution in [2.24, 2.45) is 0 Å². The number of rotatable bonds is 9. The van der Waals surface area contributed by atoms with Crippen molar-refractivity contribution in [3.05, 3.63) is 118 Å². The van der Waals surface area contributed by atoms with E-state index in [1.54, 1.807) is 6.20 Å². The number of aromatic nitrogens is 3. The molecule has 5 aromatic rings. The zero-order chi connectivity index (χ0) is 26.3. The SMILES string of the molecule is Cc1ncc(C#N)c(Nc2ccc3[nH]ccc3c2C)c1C=Cc1ccc(CNCCc2ccccn2)cc1. The Morgan fingerprint density at radius 3 is 2.63 bits per heavy atom. The van der Waals surface area contributed by atoms with Crippen LogP contribution in [0.15, 0.2) is 79.3 Å². The Labute approximate surface area is 223 Å². The van der Waals surface area contributed by atoms with Crippen LogP contribution in [0.5, 0.6) is 0 Å². The summed E-state index contributed by atoms with van der Waals surface area (Å²) in [7, 11) is 0. The Hall–Kier alpha value is -4.73. The molecular formula is C32H30N6. The van der Waals surface area contributed by atoms with Crippen LogP contribution < -0.4 is 10.6 Å². The van der Waals surface area contributed by atoms with Gasteiger partial charge in [-0.25, -0.2) is 0 Å². The van der Waals surface area contributed by atoms with Gasteiger partial charge in [0, 0.05) is 71.6 Å². The van der Waals surface area contributed by atoms with Gasteiger partial charge in [-0.05, 0) is 60.9 Å². The molecule has 0 aliphatic heterocycles. The number of aryl methyl sites for hydroxylation is 2. The van der Waals surface area contributed by atoms with E-state index < -0.39 is 0 Å². The fourth-order valence-corrected chi connectivity index (χ4v) is 4.52. The molecule has 0 saturated heterocycles. The van der Waals surface area contributed by atoms with Crippen LogP contribution in [0.1, 0.15) is 39.2 Å². The summed E-state index contributed by atoms with van der Waals surface area (Å²) in [5.74, 6) is 0. The summed E-state index contributed by atoms with van der Waals surface area (Å²) in [4.78, 5) is 12.1. The largest absolute Gasteiger partial charge is 0.361 e. The molecular weight excluding hydrogens is 468 g/mol. The molecule has 0 aliphatic rings. The molecule has 2 aromatic carbocycles. The van der Waals surface area contributed by atoms with E-state index in [9.17, 15) is 5.26 Å². The molecule has 0 bridgehead atoms. The summed E-state index contributed by atoms with van der Waals surface area (Å²) >= 11 is 0. The lowest BCUT2D eigenvalue weighted by Crippen LogP contribution is -2.17. The molecule has 0 atom stereocenters. The highest BCUT2D eigenvalue weighted by atomic mass is 14.9. The minimum atomic E-state index is 0.510. The molecule has 3 N–H and O–H groups in total.